The van der Waals surface area contributed by atoms with Crippen molar-refractivity contribution < 1.29 is 14.0 Å². The van der Waals surface area contributed by atoms with Crippen molar-refractivity contribution in [1.29, 1.82) is 0 Å². The number of aromatic nitrogens is 1. The van der Waals surface area contributed by atoms with Crippen LogP contribution in [0.4, 0.5) is 4.79 Å². The van der Waals surface area contributed by atoms with Gasteiger partial charge < -0.3 is 19.0 Å². The van der Waals surface area contributed by atoms with Crippen molar-refractivity contribution in [2.75, 3.05) is 45.9 Å². The molecule has 0 spiro atoms. The SMILES string of the molecule is CC(C)(C)[Si](C)(C)OC(CN1CCc2ccccc2C1)CN1CCN(Cc2ccc(C3CCCOC3)cn2)C1=O. The van der Waals surface area contributed by atoms with E-state index in [1.165, 1.54) is 16.7 Å². The van der Waals surface area contributed by atoms with Crippen LogP contribution in [0.1, 0.15) is 61.9 Å². The molecule has 8 heteroatoms. The van der Waals surface area contributed by atoms with Gasteiger partial charge in [-0.15, -0.1) is 0 Å². The van der Waals surface area contributed by atoms with Gasteiger partial charge in [-0.25, -0.2) is 4.79 Å². The Hall–Kier alpha value is -2.26. The first-order valence-corrected chi connectivity index (χ1v) is 18.0. The molecule has 218 valence electrons. The van der Waals surface area contributed by atoms with Gasteiger partial charge in [-0.1, -0.05) is 51.1 Å². The molecule has 0 N–H and O–H groups in total. The maximum Gasteiger partial charge on any atom is 0.320 e. The molecule has 4 heterocycles. The molecule has 0 bridgehead atoms. The number of nitrogens with zero attached hydrogens (tertiary/aromatic N) is 4. The second-order valence-electron chi connectivity index (χ2n) is 13.4. The van der Waals surface area contributed by atoms with Gasteiger partial charge in [-0.2, -0.15) is 0 Å². The molecule has 40 heavy (non-hydrogen) atoms. The van der Waals surface area contributed by atoms with Crippen LogP contribution >= 0.6 is 0 Å². The van der Waals surface area contributed by atoms with Gasteiger partial charge in [0.25, 0.3) is 0 Å². The van der Waals surface area contributed by atoms with Gasteiger partial charge in [0.05, 0.1) is 24.9 Å². The monoisotopic (exact) mass is 564 g/mol. The van der Waals surface area contributed by atoms with Gasteiger partial charge in [0.15, 0.2) is 8.32 Å². The van der Waals surface area contributed by atoms with Crippen molar-refractivity contribution in [2.45, 2.75) is 83.3 Å². The van der Waals surface area contributed by atoms with Crippen LogP contribution in [-0.2, 0) is 28.7 Å². The summed E-state index contributed by atoms with van der Waals surface area (Å²) >= 11 is 0. The van der Waals surface area contributed by atoms with Gasteiger partial charge in [0.1, 0.15) is 0 Å². The zero-order chi connectivity index (χ0) is 28.3. The number of hydrogen-bond acceptors (Lipinski definition) is 5. The Morgan fingerprint density at radius 3 is 2.52 bits per heavy atom. The second kappa shape index (κ2) is 12.3. The highest BCUT2D eigenvalue weighted by molar-refractivity contribution is 6.74. The third kappa shape index (κ3) is 6.96. The summed E-state index contributed by atoms with van der Waals surface area (Å²) in [6, 6.07) is 13.1. The molecule has 2 saturated heterocycles. The van der Waals surface area contributed by atoms with Crippen LogP contribution in [0.2, 0.25) is 18.1 Å². The summed E-state index contributed by atoms with van der Waals surface area (Å²) in [5, 5.41) is 0.113. The average Bonchev–Trinajstić information content (AvgIpc) is 3.27. The van der Waals surface area contributed by atoms with E-state index in [0.29, 0.717) is 19.0 Å². The molecule has 2 amide bonds. The zero-order valence-electron chi connectivity index (χ0n) is 25.2. The lowest BCUT2D eigenvalue weighted by molar-refractivity contribution is 0.0803. The van der Waals surface area contributed by atoms with Crippen LogP contribution in [-0.4, -0.2) is 86.1 Å². The zero-order valence-corrected chi connectivity index (χ0v) is 26.2. The van der Waals surface area contributed by atoms with Crippen molar-refractivity contribution in [2.24, 2.45) is 0 Å². The molecule has 3 aliphatic rings. The normalized spacial score (nSPS) is 21.5. The van der Waals surface area contributed by atoms with Crippen molar-refractivity contribution in [1.82, 2.24) is 19.7 Å². The van der Waals surface area contributed by atoms with Crippen LogP contribution in [0.15, 0.2) is 42.6 Å². The smallest absolute Gasteiger partial charge is 0.320 e. The highest BCUT2D eigenvalue weighted by atomic mass is 28.4. The molecule has 0 aliphatic carbocycles. The van der Waals surface area contributed by atoms with E-state index in [1.807, 2.05) is 16.0 Å². The summed E-state index contributed by atoms with van der Waals surface area (Å²) in [5.74, 6) is 0.436. The Bertz CT molecular complexity index is 1140. The average molecular weight is 565 g/mol. The number of fused-ring (bicyclic) bond motifs is 1. The predicted molar refractivity (Wildman–Crippen MR) is 162 cm³/mol. The van der Waals surface area contributed by atoms with Crippen molar-refractivity contribution in [3.05, 3.63) is 65.0 Å². The van der Waals surface area contributed by atoms with Crippen LogP contribution in [0.25, 0.3) is 0 Å². The van der Waals surface area contributed by atoms with E-state index >= 15 is 0 Å². The fraction of sp³-hybridized carbons (Fsp3) is 0.625. The van der Waals surface area contributed by atoms with Gasteiger partial charge >= 0.3 is 6.03 Å². The number of rotatable bonds is 9. The summed E-state index contributed by atoms with van der Waals surface area (Å²) in [4.78, 5) is 24.7. The summed E-state index contributed by atoms with van der Waals surface area (Å²) in [7, 11) is -2.01. The highest BCUT2D eigenvalue weighted by Gasteiger charge is 2.41. The largest absolute Gasteiger partial charge is 0.411 e. The third-order valence-electron chi connectivity index (χ3n) is 9.38. The number of carbonyl (C=O) groups is 1. The topological polar surface area (TPSA) is 58.1 Å². The molecule has 2 unspecified atom stereocenters. The number of ether oxygens (including phenoxy) is 1. The second-order valence-corrected chi connectivity index (χ2v) is 18.2. The number of carbonyl (C=O) groups excluding carboxylic acids is 1. The van der Waals surface area contributed by atoms with Crippen molar-refractivity contribution >= 4 is 14.3 Å². The van der Waals surface area contributed by atoms with E-state index in [9.17, 15) is 4.79 Å². The van der Waals surface area contributed by atoms with Gasteiger partial charge in [0, 0.05) is 58.0 Å². The van der Waals surface area contributed by atoms with E-state index in [4.69, 9.17) is 14.1 Å². The number of hydrogen-bond donors (Lipinski definition) is 0. The van der Waals surface area contributed by atoms with Gasteiger partial charge in [-0.05, 0) is 60.2 Å². The fourth-order valence-corrected chi connectivity index (χ4v) is 7.22. The first-order valence-electron chi connectivity index (χ1n) is 15.1. The Kier molecular flexibility index (Phi) is 9.00. The van der Waals surface area contributed by atoms with E-state index in [1.54, 1.807) is 0 Å². The van der Waals surface area contributed by atoms with E-state index < -0.39 is 8.32 Å². The molecular formula is C32H48N4O3Si. The van der Waals surface area contributed by atoms with Gasteiger partial charge in [-0.3, -0.25) is 9.88 Å². The number of pyridine rings is 1. The van der Waals surface area contributed by atoms with E-state index in [2.05, 4.69) is 75.2 Å². The summed E-state index contributed by atoms with van der Waals surface area (Å²) in [6.45, 7) is 18.6. The Morgan fingerprint density at radius 1 is 1.05 bits per heavy atom. The summed E-state index contributed by atoms with van der Waals surface area (Å²) in [6.07, 6.45) is 5.30. The summed E-state index contributed by atoms with van der Waals surface area (Å²) < 4.78 is 12.6. The standard InChI is InChI=1S/C32H48N4O3Si/c1-32(2,3)40(4,5)39-30(22-34-15-14-25-9-6-7-10-27(25)20-34)23-36-17-16-35(31(36)37)21-29-13-12-26(19-33-29)28-11-8-18-38-24-28/h6-7,9-10,12-13,19,28,30H,8,11,14-18,20-24H2,1-5H3. The van der Waals surface area contributed by atoms with Crippen LogP contribution < -0.4 is 0 Å². The fourth-order valence-electron chi connectivity index (χ4n) is 5.89. The molecule has 7 nitrogen and oxygen atoms in total. The van der Waals surface area contributed by atoms with Gasteiger partial charge in [0.2, 0.25) is 0 Å². The molecule has 2 atom stereocenters. The lowest BCUT2D eigenvalue weighted by Crippen LogP contribution is -2.51. The van der Waals surface area contributed by atoms with E-state index in [-0.39, 0.29) is 17.2 Å². The van der Waals surface area contributed by atoms with Crippen molar-refractivity contribution in [3.8, 4) is 0 Å². The Labute approximate surface area is 242 Å². The van der Waals surface area contributed by atoms with Crippen molar-refractivity contribution in [3.63, 3.8) is 0 Å². The molecule has 2 fully saturated rings. The summed E-state index contributed by atoms with van der Waals surface area (Å²) in [5.41, 5.74) is 5.05. The number of benzene rings is 1. The lowest BCUT2D eigenvalue weighted by Gasteiger charge is -2.42. The van der Waals surface area contributed by atoms with Crippen LogP contribution in [0, 0.1) is 0 Å². The first-order chi connectivity index (χ1) is 19.1. The highest BCUT2D eigenvalue weighted by Crippen LogP contribution is 2.38. The quantitative estimate of drug-likeness (QED) is 0.368. The Balaban J connectivity index is 1.22. The molecule has 0 saturated carbocycles. The van der Waals surface area contributed by atoms with Crippen LogP contribution in [0.3, 0.4) is 0 Å². The number of amides is 2. The first kappa shape index (κ1) is 29.2. The molecule has 3 aliphatic heterocycles. The third-order valence-corrected chi connectivity index (χ3v) is 13.9. The molecular weight excluding hydrogens is 516 g/mol. The lowest BCUT2D eigenvalue weighted by atomic mass is 9.95. The minimum Gasteiger partial charge on any atom is -0.411 e. The Morgan fingerprint density at radius 2 is 1.82 bits per heavy atom. The molecule has 1 aromatic carbocycles. The maximum absolute atomic E-state index is 13.5. The molecule has 1 aromatic heterocycles. The number of urea groups is 1. The predicted octanol–water partition coefficient (Wildman–Crippen LogP) is 5.66. The molecule has 0 radical (unpaired) electrons. The minimum atomic E-state index is -2.01. The molecule has 2 aromatic rings. The van der Waals surface area contributed by atoms with E-state index in [0.717, 1.165) is 70.9 Å². The van der Waals surface area contributed by atoms with Crippen LogP contribution in [0.5, 0.6) is 0 Å². The molecule has 5 rings (SSSR count). The maximum atomic E-state index is 13.5. The minimum absolute atomic E-state index is 0.00910.